The summed E-state index contributed by atoms with van der Waals surface area (Å²) in [4.78, 5) is 13.3. The second-order valence-electron chi connectivity index (χ2n) is 6.76. The summed E-state index contributed by atoms with van der Waals surface area (Å²) in [6.07, 6.45) is 0. The third-order valence-corrected chi connectivity index (χ3v) is 5.14. The third-order valence-electron chi connectivity index (χ3n) is 5.14. The minimum atomic E-state index is -1.03. The first-order chi connectivity index (χ1) is 12.4. The smallest absolute Gasteiger partial charge is 0.244 e. The topological polar surface area (TPSA) is 69.6 Å². The maximum Gasteiger partial charge on any atom is 0.244 e. The van der Waals surface area contributed by atoms with Gasteiger partial charge in [-0.3, -0.25) is 4.79 Å². The Balaban J connectivity index is 2.10. The number of carbonyl (C=O) groups is 1. The lowest BCUT2D eigenvalue weighted by Crippen LogP contribution is -2.37. The summed E-state index contributed by atoms with van der Waals surface area (Å²) < 4.78 is 0. The number of carbonyl (C=O) groups excluding carboxylic acids is 1. The van der Waals surface area contributed by atoms with Gasteiger partial charge < -0.3 is 15.5 Å². The molecule has 0 saturated carbocycles. The minimum absolute atomic E-state index is 0.145. The second kappa shape index (κ2) is 5.63. The molecule has 1 amide bonds. The van der Waals surface area contributed by atoms with Crippen molar-refractivity contribution in [2.24, 2.45) is 0 Å². The van der Waals surface area contributed by atoms with Gasteiger partial charge in [-0.2, -0.15) is 0 Å². The summed E-state index contributed by atoms with van der Waals surface area (Å²) in [5.74, 6) is 0.240. The quantitative estimate of drug-likeness (QED) is 0.657. The van der Waals surface area contributed by atoms with Gasteiger partial charge in [0.15, 0.2) is 0 Å². The average molecular weight is 345 g/mol. The van der Waals surface area contributed by atoms with E-state index in [0.717, 1.165) is 33.5 Å². The number of fused-ring (bicyclic) bond motifs is 1. The van der Waals surface area contributed by atoms with Crippen molar-refractivity contribution in [3.63, 3.8) is 0 Å². The molecule has 1 atom stereocenters. The van der Waals surface area contributed by atoms with Gasteiger partial charge in [0.05, 0.1) is 0 Å². The maximum atomic E-state index is 13.3. The summed E-state index contributed by atoms with van der Waals surface area (Å²) in [6, 6.07) is 18.1. The van der Waals surface area contributed by atoms with Crippen LogP contribution in [0.5, 0.6) is 11.5 Å². The van der Waals surface area contributed by atoms with Crippen LogP contribution in [-0.2, 0) is 10.2 Å². The van der Waals surface area contributed by atoms with Crippen molar-refractivity contribution >= 4 is 11.6 Å². The van der Waals surface area contributed by atoms with E-state index in [9.17, 15) is 15.0 Å². The van der Waals surface area contributed by atoms with Crippen molar-refractivity contribution in [1.82, 2.24) is 0 Å². The molecule has 4 nitrogen and oxygen atoms in total. The molecule has 4 heteroatoms. The van der Waals surface area contributed by atoms with E-state index in [1.165, 1.54) is 0 Å². The molecule has 130 valence electrons. The van der Waals surface area contributed by atoms with E-state index in [2.05, 4.69) is 5.32 Å². The van der Waals surface area contributed by atoms with E-state index in [1.807, 2.05) is 50.2 Å². The number of nitrogens with one attached hydrogen (secondary N) is 1. The number of benzene rings is 3. The molecule has 26 heavy (non-hydrogen) atoms. The number of rotatable bonds is 2. The monoisotopic (exact) mass is 345 g/mol. The zero-order valence-corrected chi connectivity index (χ0v) is 14.6. The highest BCUT2D eigenvalue weighted by Crippen LogP contribution is 2.48. The molecule has 1 heterocycles. The Morgan fingerprint density at radius 1 is 0.846 bits per heavy atom. The largest absolute Gasteiger partial charge is 0.508 e. The van der Waals surface area contributed by atoms with Crippen molar-refractivity contribution in [2.45, 2.75) is 19.3 Å². The van der Waals surface area contributed by atoms with E-state index >= 15 is 0 Å². The predicted octanol–water partition coefficient (Wildman–Crippen LogP) is 4.00. The molecule has 0 fully saturated rings. The van der Waals surface area contributed by atoms with Gasteiger partial charge in [0, 0.05) is 11.3 Å². The van der Waals surface area contributed by atoms with Crippen LogP contribution in [0.4, 0.5) is 5.69 Å². The van der Waals surface area contributed by atoms with Crippen molar-refractivity contribution in [2.75, 3.05) is 5.32 Å². The SMILES string of the molecule is Cc1cc(C2(c3ccc(O)cc3)C(=O)Nc3ccccc32)cc(C)c1O. The summed E-state index contributed by atoms with van der Waals surface area (Å²) in [5, 5.41) is 22.9. The zero-order chi connectivity index (χ0) is 18.5. The lowest BCUT2D eigenvalue weighted by atomic mass is 9.69. The van der Waals surface area contributed by atoms with Crippen LogP contribution in [0.2, 0.25) is 0 Å². The Bertz CT molecular complexity index is 1000. The minimum Gasteiger partial charge on any atom is -0.508 e. The van der Waals surface area contributed by atoms with Crippen molar-refractivity contribution in [3.8, 4) is 11.5 Å². The zero-order valence-electron chi connectivity index (χ0n) is 14.6. The molecule has 0 spiro atoms. The number of aryl methyl sites for hydroxylation is 2. The van der Waals surface area contributed by atoms with Gasteiger partial charge >= 0.3 is 0 Å². The highest BCUT2D eigenvalue weighted by Gasteiger charge is 2.49. The summed E-state index contributed by atoms with van der Waals surface area (Å²) in [7, 11) is 0. The molecular weight excluding hydrogens is 326 g/mol. The van der Waals surface area contributed by atoms with Crippen LogP contribution in [0.1, 0.15) is 27.8 Å². The van der Waals surface area contributed by atoms with E-state index in [-0.39, 0.29) is 17.4 Å². The molecule has 0 bridgehead atoms. The number of para-hydroxylation sites is 1. The molecule has 0 saturated heterocycles. The molecule has 1 aliphatic heterocycles. The molecule has 0 aliphatic carbocycles. The molecule has 3 aromatic carbocycles. The predicted molar refractivity (Wildman–Crippen MR) is 101 cm³/mol. The lowest BCUT2D eigenvalue weighted by molar-refractivity contribution is -0.118. The first-order valence-corrected chi connectivity index (χ1v) is 8.45. The lowest BCUT2D eigenvalue weighted by Gasteiger charge is -2.30. The van der Waals surface area contributed by atoms with Crippen LogP contribution in [0.3, 0.4) is 0 Å². The van der Waals surface area contributed by atoms with E-state index in [1.54, 1.807) is 24.3 Å². The van der Waals surface area contributed by atoms with Crippen LogP contribution in [0, 0.1) is 13.8 Å². The molecule has 4 rings (SSSR count). The number of phenols is 2. The van der Waals surface area contributed by atoms with E-state index in [0.29, 0.717) is 0 Å². The number of hydrogen-bond donors (Lipinski definition) is 3. The Morgan fingerprint density at radius 2 is 1.46 bits per heavy atom. The normalized spacial score (nSPS) is 18.5. The Kier molecular flexibility index (Phi) is 3.51. The molecule has 0 aromatic heterocycles. The van der Waals surface area contributed by atoms with Crippen molar-refractivity contribution < 1.29 is 15.0 Å². The van der Waals surface area contributed by atoms with Gasteiger partial charge in [0.1, 0.15) is 16.9 Å². The van der Waals surface area contributed by atoms with Crippen LogP contribution in [-0.4, -0.2) is 16.1 Å². The second-order valence-corrected chi connectivity index (χ2v) is 6.76. The number of phenolic OH excluding ortho intramolecular Hbond substituents is 2. The van der Waals surface area contributed by atoms with Gasteiger partial charge in [0.2, 0.25) is 5.91 Å². The molecule has 1 aliphatic rings. The summed E-state index contributed by atoms with van der Waals surface area (Å²) in [6.45, 7) is 3.66. The third kappa shape index (κ3) is 2.12. The highest BCUT2D eigenvalue weighted by atomic mass is 16.3. The number of anilines is 1. The van der Waals surface area contributed by atoms with Gasteiger partial charge in [-0.15, -0.1) is 0 Å². The van der Waals surface area contributed by atoms with Gasteiger partial charge in [0.25, 0.3) is 0 Å². The number of aromatic hydroxyl groups is 2. The fourth-order valence-corrected chi connectivity index (χ4v) is 3.88. The Labute approximate surface area is 151 Å². The van der Waals surface area contributed by atoms with Crippen LogP contribution >= 0.6 is 0 Å². The highest BCUT2D eigenvalue weighted by molar-refractivity contribution is 6.11. The molecule has 0 radical (unpaired) electrons. The van der Waals surface area contributed by atoms with Crippen molar-refractivity contribution in [3.05, 3.63) is 88.5 Å². The van der Waals surface area contributed by atoms with Gasteiger partial charge in [-0.05, 0) is 54.3 Å². The average Bonchev–Trinajstić information content (AvgIpc) is 2.92. The fourth-order valence-electron chi connectivity index (χ4n) is 3.88. The van der Waals surface area contributed by atoms with Crippen LogP contribution in [0.25, 0.3) is 0 Å². The van der Waals surface area contributed by atoms with Crippen LogP contribution in [0.15, 0.2) is 60.7 Å². The number of amides is 1. The number of hydrogen-bond acceptors (Lipinski definition) is 3. The van der Waals surface area contributed by atoms with Gasteiger partial charge in [-0.1, -0.05) is 42.5 Å². The standard InChI is InChI=1S/C22H19NO3/c1-13-11-16(12-14(2)20(13)25)22(15-7-9-17(24)10-8-15)18-5-3-4-6-19(18)23-21(22)26/h3-12,24-25H,1-2H3,(H,23,26). The van der Waals surface area contributed by atoms with Crippen molar-refractivity contribution in [1.29, 1.82) is 0 Å². The summed E-state index contributed by atoms with van der Waals surface area (Å²) in [5.41, 5.74) is 3.59. The Morgan fingerprint density at radius 3 is 2.12 bits per heavy atom. The molecule has 1 unspecified atom stereocenters. The summed E-state index contributed by atoms with van der Waals surface area (Å²) >= 11 is 0. The first-order valence-electron chi connectivity index (χ1n) is 8.45. The van der Waals surface area contributed by atoms with E-state index in [4.69, 9.17) is 0 Å². The van der Waals surface area contributed by atoms with Crippen LogP contribution < -0.4 is 5.32 Å². The fraction of sp³-hybridized carbons (Fsp3) is 0.136. The first kappa shape index (κ1) is 16.2. The molecule has 3 N–H and O–H groups in total. The van der Waals surface area contributed by atoms with E-state index < -0.39 is 5.41 Å². The maximum absolute atomic E-state index is 13.3. The molecule has 3 aromatic rings. The Hall–Kier alpha value is -3.27. The molecular formula is C22H19NO3. The van der Waals surface area contributed by atoms with Gasteiger partial charge in [-0.25, -0.2) is 0 Å².